The van der Waals surface area contributed by atoms with Crippen LogP contribution in [0, 0.1) is 5.92 Å². The summed E-state index contributed by atoms with van der Waals surface area (Å²) in [5.74, 6) is 1.12. The highest BCUT2D eigenvalue weighted by molar-refractivity contribution is 8.00. The van der Waals surface area contributed by atoms with Gasteiger partial charge in [-0.05, 0) is 99.2 Å². The molecule has 54 heavy (non-hydrogen) atoms. The lowest BCUT2D eigenvalue weighted by molar-refractivity contribution is 0.616. The molecule has 6 aliphatic rings. The zero-order valence-electron chi connectivity index (χ0n) is 30.3. The van der Waals surface area contributed by atoms with E-state index in [1.54, 1.807) is 5.57 Å². The lowest BCUT2D eigenvalue weighted by Gasteiger charge is -2.44. The minimum atomic E-state index is 0.127. The Labute approximate surface area is 327 Å². The van der Waals surface area contributed by atoms with Gasteiger partial charge in [0.2, 0.25) is 0 Å². The molecule has 3 heterocycles. The Morgan fingerprint density at radius 2 is 1.37 bits per heavy atom. The van der Waals surface area contributed by atoms with Crippen molar-refractivity contribution in [3.05, 3.63) is 209 Å². The van der Waals surface area contributed by atoms with Gasteiger partial charge in [-0.3, -0.25) is 0 Å². The van der Waals surface area contributed by atoms with Crippen LogP contribution in [-0.4, -0.2) is 11.3 Å². The predicted octanol–water partition coefficient (Wildman–Crippen LogP) is 13.5. The number of nitrogens with zero attached hydrogens (tertiary/aromatic N) is 1. The van der Waals surface area contributed by atoms with E-state index in [9.17, 15) is 0 Å². The zero-order valence-corrected chi connectivity index (χ0v) is 31.9. The molecule has 0 bridgehead atoms. The summed E-state index contributed by atoms with van der Waals surface area (Å²) in [6, 6.07) is 43.9. The third-order valence-corrected chi connectivity index (χ3v) is 14.9. The first kappa shape index (κ1) is 32.5. The summed E-state index contributed by atoms with van der Waals surface area (Å²) in [6.45, 7) is 2.35. The maximum atomic E-state index is 2.67. The van der Waals surface area contributed by atoms with E-state index in [0.29, 0.717) is 11.2 Å². The van der Waals surface area contributed by atoms with Gasteiger partial charge in [-0.1, -0.05) is 158 Å². The summed E-state index contributed by atoms with van der Waals surface area (Å²) in [5.41, 5.74) is 15.5. The Balaban J connectivity index is 1.18. The average Bonchev–Trinajstić information content (AvgIpc) is 3.57. The molecule has 0 saturated carbocycles. The predicted molar refractivity (Wildman–Crippen MR) is 229 cm³/mol. The first-order valence-corrected chi connectivity index (χ1v) is 21.2. The van der Waals surface area contributed by atoms with Gasteiger partial charge in [-0.15, -0.1) is 11.8 Å². The van der Waals surface area contributed by atoms with Gasteiger partial charge in [0.05, 0.1) is 6.04 Å². The monoisotopic (exact) mass is 731 g/mol. The van der Waals surface area contributed by atoms with Crippen molar-refractivity contribution in [2.24, 2.45) is 5.92 Å². The lowest BCUT2D eigenvalue weighted by atomic mass is 9.67. The summed E-state index contributed by atoms with van der Waals surface area (Å²) >= 11 is 4.03. The number of hydrogen-bond acceptors (Lipinski definition) is 3. The molecule has 262 valence electrons. The maximum Gasteiger partial charge on any atom is 0.0701 e. The van der Waals surface area contributed by atoms with Gasteiger partial charge in [-0.2, -0.15) is 0 Å². The van der Waals surface area contributed by atoms with E-state index >= 15 is 0 Å². The molecule has 11 rings (SSSR count). The number of rotatable bonds is 4. The van der Waals surface area contributed by atoms with E-state index in [4.69, 9.17) is 0 Å². The van der Waals surface area contributed by atoms with Crippen molar-refractivity contribution in [3.8, 4) is 11.1 Å². The molecule has 0 aromatic heterocycles. The second-order valence-corrected chi connectivity index (χ2v) is 17.8. The third-order valence-electron chi connectivity index (χ3n) is 12.3. The van der Waals surface area contributed by atoms with Crippen LogP contribution in [0.2, 0.25) is 0 Å². The van der Waals surface area contributed by atoms with Crippen LogP contribution in [0.15, 0.2) is 196 Å². The summed E-state index contributed by atoms with van der Waals surface area (Å²) in [6.07, 6.45) is 23.8. The number of fused-ring (bicyclic) bond motifs is 7. The summed E-state index contributed by atoms with van der Waals surface area (Å²) in [5, 5.41) is 0.431. The van der Waals surface area contributed by atoms with Crippen molar-refractivity contribution >= 4 is 34.8 Å². The number of para-hydroxylation sites is 1. The minimum absolute atomic E-state index is 0.127. The van der Waals surface area contributed by atoms with Gasteiger partial charge in [0, 0.05) is 49.1 Å². The molecule has 0 spiro atoms. The van der Waals surface area contributed by atoms with E-state index in [1.165, 1.54) is 70.6 Å². The van der Waals surface area contributed by atoms with Gasteiger partial charge >= 0.3 is 0 Å². The van der Waals surface area contributed by atoms with Gasteiger partial charge in [0.1, 0.15) is 0 Å². The fraction of sp³-hybridized carbons (Fsp3) is 0.176. The molecule has 3 aliphatic carbocycles. The van der Waals surface area contributed by atoms with Crippen LogP contribution in [0.5, 0.6) is 0 Å². The second kappa shape index (κ2) is 13.1. The lowest BCUT2D eigenvalue weighted by Crippen LogP contribution is -2.36. The van der Waals surface area contributed by atoms with Crippen molar-refractivity contribution in [2.45, 2.75) is 63.5 Å². The SMILES string of the molecule is CC1C=C(N2c3ccccc3C3C=CC=C(c4cccc5c4C(C4C6=CC=CCC6Sc6ccccc64)c4c(cccc4-c4ccccc4)S5)[C@H]32)C=CC1. The Hall–Kier alpha value is -4.96. The van der Waals surface area contributed by atoms with Gasteiger partial charge in [0.25, 0.3) is 0 Å². The van der Waals surface area contributed by atoms with E-state index < -0.39 is 0 Å². The number of hydrogen-bond donors (Lipinski definition) is 0. The quantitative estimate of drug-likeness (QED) is 0.181. The van der Waals surface area contributed by atoms with Crippen molar-refractivity contribution in [1.29, 1.82) is 0 Å². The topological polar surface area (TPSA) is 3.24 Å². The molecular formula is C51H41NS2. The standard InChI is InChI=1S/C51H41NS2/c1-32-15-11-18-34(31-32)52-42-26-8-5-19-36(42)38-24-12-25-39(51(38)52)37-23-14-30-46-49(37)50(48-35(22-13-29-45(48)54-46)33-16-3-2-4-17-33)47-40-20-6-9-27-43(40)53-44-28-10-7-21-41(44)47/h2-14,16-27,29-32,38,44,47,50-51H,15,28H2,1H3/t32?,38?,44?,47?,50?,51-/m0/s1. The molecule has 3 heteroatoms. The maximum absolute atomic E-state index is 2.67. The van der Waals surface area contributed by atoms with Crippen LogP contribution in [0.3, 0.4) is 0 Å². The van der Waals surface area contributed by atoms with E-state index in [1.807, 2.05) is 11.8 Å². The summed E-state index contributed by atoms with van der Waals surface area (Å²) < 4.78 is 0. The van der Waals surface area contributed by atoms with Crippen LogP contribution in [0.4, 0.5) is 5.69 Å². The largest absolute Gasteiger partial charge is 0.333 e. The van der Waals surface area contributed by atoms with Crippen molar-refractivity contribution < 1.29 is 0 Å². The molecule has 0 saturated heterocycles. The van der Waals surface area contributed by atoms with Gasteiger partial charge in [-0.25, -0.2) is 0 Å². The Bertz CT molecular complexity index is 2510. The molecule has 5 aromatic rings. The molecule has 0 radical (unpaired) electrons. The van der Waals surface area contributed by atoms with Crippen LogP contribution in [-0.2, 0) is 0 Å². The fourth-order valence-electron chi connectivity index (χ4n) is 10.1. The molecule has 0 N–H and O–H groups in total. The number of allylic oxidation sites excluding steroid dienone is 8. The molecule has 1 nitrogen and oxygen atoms in total. The molecule has 5 aromatic carbocycles. The Morgan fingerprint density at radius 1 is 0.630 bits per heavy atom. The first-order valence-electron chi connectivity index (χ1n) is 19.5. The highest BCUT2D eigenvalue weighted by Gasteiger charge is 2.47. The van der Waals surface area contributed by atoms with Crippen LogP contribution in [0.25, 0.3) is 16.7 Å². The zero-order chi connectivity index (χ0) is 35.8. The minimum Gasteiger partial charge on any atom is -0.333 e. The molecule has 3 aliphatic heterocycles. The first-order chi connectivity index (χ1) is 26.7. The molecule has 0 fully saturated rings. The van der Waals surface area contributed by atoms with E-state index in [0.717, 1.165) is 12.8 Å². The fourth-order valence-corrected chi connectivity index (χ4v) is 12.7. The number of benzene rings is 5. The van der Waals surface area contributed by atoms with E-state index in [-0.39, 0.29) is 23.8 Å². The molecule has 5 unspecified atom stereocenters. The third kappa shape index (κ3) is 5.08. The normalized spacial score (nSPS) is 25.6. The molecule has 0 amide bonds. The van der Waals surface area contributed by atoms with Crippen molar-refractivity contribution in [2.75, 3.05) is 4.90 Å². The summed E-state index contributed by atoms with van der Waals surface area (Å²) in [4.78, 5) is 6.86. The van der Waals surface area contributed by atoms with Crippen LogP contribution >= 0.6 is 23.5 Å². The second-order valence-electron chi connectivity index (χ2n) is 15.4. The number of thioether (sulfide) groups is 1. The van der Waals surface area contributed by atoms with Gasteiger partial charge < -0.3 is 4.90 Å². The summed E-state index contributed by atoms with van der Waals surface area (Å²) in [7, 11) is 0. The highest BCUT2D eigenvalue weighted by Crippen LogP contribution is 2.62. The molecular weight excluding hydrogens is 691 g/mol. The highest BCUT2D eigenvalue weighted by atomic mass is 32.2. The number of anilines is 1. The van der Waals surface area contributed by atoms with Crippen molar-refractivity contribution in [3.63, 3.8) is 0 Å². The van der Waals surface area contributed by atoms with Gasteiger partial charge in [0.15, 0.2) is 0 Å². The van der Waals surface area contributed by atoms with Crippen LogP contribution in [0.1, 0.15) is 65.3 Å². The van der Waals surface area contributed by atoms with E-state index in [2.05, 4.69) is 194 Å². The van der Waals surface area contributed by atoms with Crippen molar-refractivity contribution in [1.82, 2.24) is 0 Å². The molecule has 6 atom stereocenters. The van der Waals surface area contributed by atoms with Crippen LogP contribution < -0.4 is 4.90 Å². The Kier molecular flexibility index (Phi) is 7.88. The average molecular weight is 732 g/mol. The Morgan fingerprint density at radius 3 is 2.22 bits per heavy atom. The smallest absolute Gasteiger partial charge is 0.0701 e.